The summed E-state index contributed by atoms with van der Waals surface area (Å²) in [4.78, 5) is 5.16. The van der Waals surface area contributed by atoms with E-state index >= 15 is 0 Å². The van der Waals surface area contributed by atoms with Crippen molar-refractivity contribution in [2.24, 2.45) is 5.92 Å². The van der Waals surface area contributed by atoms with Gasteiger partial charge in [-0.25, -0.2) is 0 Å². The van der Waals surface area contributed by atoms with E-state index in [0.29, 0.717) is 0 Å². The first kappa shape index (κ1) is 12.8. The molecule has 104 valence electrons. The Morgan fingerprint density at radius 3 is 2.74 bits per heavy atom. The molecule has 0 aliphatic carbocycles. The first-order valence-corrected chi connectivity index (χ1v) is 7.63. The fraction of sp³-hybridized carbons (Fsp3) is 0.625. The SMILES string of the molecule is CC1CCN(CCN2CCNc3ccccc32)CC1. The number of nitrogens with one attached hydrogen (secondary N) is 1. The molecule has 0 saturated carbocycles. The predicted octanol–water partition coefficient (Wildman–Crippen LogP) is 2.65. The second kappa shape index (κ2) is 5.83. The third-order valence-corrected chi connectivity index (χ3v) is 4.50. The summed E-state index contributed by atoms with van der Waals surface area (Å²) in [6.07, 6.45) is 2.75. The van der Waals surface area contributed by atoms with Crippen molar-refractivity contribution in [3.63, 3.8) is 0 Å². The van der Waals surface area contributed by atoms with Crippen LogP contribution in [-0.2, 0) is 0 Å². The van der Waals surface area contributed by atoms with Crippen LogP contribution < -0.4 is 10.2 Å². The maximum atomic E-state index is 3.48. The normalized spacial score (nSPS) is 21.0. The van der Waals surface area contributed by atoms with Crippen LogP contribution in [0, 0.1) is 5.92 Å². The monoisotopic (exact) mass is 259 g/mol. The minimum absolute atomic E-state index is 0.927. The minimum Gasteiger partial charge on any atom is -0.382 e. The average Bonchev–Trinajstić information content (AvgIpc) is 2.47. The molecule has 19 heavy (non-hydrogen) atoms. The van der Waals surface area contributed by atoms with Gasteiger partial charge in [0.15, 0.2) is 0 Å². The van der Waals surface area contributed by atoms with Crippen molar-refractivity contribution in [1.29, 1.82) is 0 Å². The molecule has 1 N–H and O–H groups in total. The van der Waals surface area contributed by atoms with Crippen molar-refractivity contribution < 1.29 is 0 Å². The molecule has 3 heteroatoms. The lowest BCUT2D eigenvalue weighted by molar-refractivity contribution is 0.196. The number of rotatable bonds is 3. The van der Waals surface area contributed by atoms with Gasteiger partial charge in [-0.2, -0.15) is 0 Å². The quantitative estimate of drug-likeness (QED) is 0.900. The Morgan fingerprint density at radius 2 is 1.89 bits per heavy atom. The molecule has 1 saturated heterocycles. The van der Waals surface area contributed by atoms with Crippen LogP contribution in [0.5, 0.6) is 0 Å². The topological polar surface area (TPSA) is 18.5 Å². The van der Waals surface area contributed by atoms with Gasteiger partial charge in [-0.05, 0) is 44.0 Å². The van der Waals surface area contributed by atoms with Gasteiger partial charge in [0.05, 0.1) is 11.4 Å². The number of para-hydroxylation sites is 2. The van der Waals surface area contributed by atoms with E-state index < -0.39 is 0 Å². The number of anilines is 2. The van der Waals surface area contributed by atoms with Crippen molar-refractivity contribution in [3.8, 4) is 0 Å². The Hall–Kier alpha value is -1.22. The van der Waals surface area contributed by atoms with Crippen molar-refractivity contribution in [3.05, 3.63) is 24.3 Å². The van der Waals surface area contributed by atoms with Crippen LogP contribution >= 0.6 is 0 Å². The van der Waals surface area contributed by atoms with Crippen molar-refractivity contribution in [2.45, 2.75) is 19.8 Å². The van der Waals surface area contributed by atoms with Gasteiger partial charge in [0.1, 0.15) is 0 Å². The van der Waals surface area contributed by atoms with Crippen molar-refractivity contribution >= 4 is 11.4 Å². The van der Waals surface area contributed by atoms with Crippen LogP contribution in [0.1, 0.15) is 19.8 Å². The van der Waals surface area contributed by atoms with E-state index in [1.54, 1.807) is 0 Å². The molecule has 2 heterocycles. The summed E-state index contributed by atoms with van der Waals surface area (Å²) >= 11 is 0. The Balaban J connectivity index is 1.56. The number of nitrogens with zero attached hydrogens (tertiary/aromatic N) is 2. The van der Waals surface area contributed by atoms with Gasteiger partial charge in [-0.1, -0.05) is 19.1 Å². The van der Waals surface area contributed by atoms with Gasteiger partial charge >= 0.3 is 0 Å². The molecule has 0 bridgehead atoms. The largest absolute Gasteiger partial charge is 0.382 e. The molecule has 0 spiro atoms. The summed E-state index contributed by atoms with van der Waals surface area (Å²) in [5.41, 5.74) is 2.67. The van der Waals surface area contributed by atoms with Crippen molar-refractivity contribution in [2.75, 3.05) is 49.5 Å². The highest BCUT2D eigenvalue weighted by atomic mass is 15.2. The second-order valence-corrected chi connectivity index (χ2v) is 5.96. The molecule has 2 aliphatic heterocycles. The lowest BCUT2D eigenvalue weighted by atomic mass is 9.99. The molecule has 1 fully saturated rings. The number of likely N-dealkylation sites (tertiary alicyclic amines) is 1. The van der Waals surface area contributed by atoms with Crippen LogP contribution in [-0.4, -0.2) is 44.2 Å². The molecule has 2 aliphatic rings. The van der Waals surface area contributed by atoms with Gasteiger partial charge in [0.25, 0.3) is 0 Å². The van der Waals surface area contributed by atoms with E-state index in [9.17, 15) is 0 Å². The number of hydrogen-bond acceptors (Lipinski definition) is 3. The van der Waals surface area contributed by atoms with E-state index in [1.165, 1.54) is 43.9 Å². The zero-order chi connectivity index (χ0) is 13.1. The van der Waals surface area contributed by atoms with Crippen LogP contribution in [0.25, 0.3) is 0 Å². The molecule has 0 unspecified atom stereocenters. The molecule has 3 rings (SSSR count). The first-order valence-electron chi connectivity index (χ1n) is 7.63. The zero-order valence-corrected chi connectivity index (χ0v) is 11.9. The molecular weight excluding hydrogens is 234 g/mol. The number of fused-ring (bicyclic) bond motifs is 1. The number of hydrogen-bond donors (Lipinski definition) is 1. The smallest absolute Gasteiger partial charge is 0.0603 e. The molecule has 0 amide bonds. The van der Waals surface area contributed by atoms with Gasteiger partial charge < -0.3 is 15.1 Å². The molecular formula is C16H25N3. The van der Waals surface area contributed by atoms with Gasteiger partial charge in [0, 0.05) is 26.2 Å². The average molecular weight is 259 g/mol. The predicted molar refractivity (Wildman–Crippen MR) is 82.0 cm³/mol. The molecule has 3 nitrogen and oxygen atoms in total. The Labute approximate surface area is 116 Å². The van der Waals surface area contributed by atoms with Crippen LogP contribution in [0.2, 0.25) is 0 Å². The highest BCUT2D eigenvalue weighted by Crippen LogP contribution is 2.28. The molecule has 0 atom stereocenters. The highest BCUT2D eigenvalue weighted by molar-refractivity contribution is 5.71. The Morgan fingerprint density at radius 1 is 1.11 bits per heavy atom. The summed E-state index contributed by atoms with van der Waals surface area (Å²) in [5, 5.41) is 3.48. The number of benzene rings is 1. The van der Waals surface area contributed by atoms with E-state index in [4.69, 9.17) is 0 Å². The van der Waals surface area contributed by atoms with Gasteiger partial charge in [-0.15, -0.1) is 0 Å². The molecule has 0 aromatic heterocycles. The first-order chi connectivity index (χ1) is 9.33. The van der Waals surface area contributed by atoms with E-state index in [1.807, 2.05) is 0 Å². The van der Waals surface area contributed by atoms with Crippen LogP contribution in [0.15, 0.2) is 24.3 Å². The lowest BCUT2D eigenvalue weighted by Gasteiger charge is -2.35. The third kappa shape index (κ3) is 3.03. The fourth-order valence-corrected chi connectivity index (χ4v) is 3.12. The van der Waals surface area contributed by atoms with E-state index in [2.05, 4.69) is 46.3 Å². The van der Waals surface area contributed by atoms with Crippen LogP contribution in [0.3, 0.4) is 0 Å². The fourth-order valence-electron chi connectivity index (χ4n) is 3.12. The number of piperidine rings is 1. The molecule has 1 aromatic carbocycles. The van der Waals surface area contributed by atoms with Crippen molar-refractivity contribution in [1.82, 2.24) is 4.90 Å². The summed E-state index contributed by atoms with van der Waals surface area (Å²) in [6.45, 7) is 9.51. The molecule has 1 aromatic rings. The standard InChI is InChI=1S/C16H25N3/c1-14-6-9-18(10-7-14)12-13-19-11-8-17-15-4-2-3-5-16(15)19/h2-5,14,17H,6-13H2,1H3. The second-order valence-electron chi connectivity index (χ2n) is 5.96. The van der Waals surface area contributed by atoms with E-state index in [-0.39, 0.29) is 0 Å². The zero-order valence-electron chi connectivity index (χ0n) is 11.9. The summed E-state index contributed by atoms with van der Waals surface area (Å²) in [7, 11) is 0. The van der Waals surface area contributed by atoms with Gasteiger partial charge in [0.2, 0.25) is 0 Å². The maximum Gasteiger partial charge on any atom is 0.0603 e. The maximum absolute atomic E-state index is 3.48. The van der Waals surface area contributed by atoms with Crippen LogP contribution in [0.4, 0.5) is 11.4 Å². The lowest BCUT2D eigenvalue weighted by Crippen LogP contribution is -2.42. The minimum atomic E-state index is 0.927. The summed E-state index contributed by atoms with van der Waals surface area (Å²) in [5.74, 6) is 0.927. The highest BCUT2D eigenvalue weighted by Gasteiger charge is 2.19. The summed E-state index contributed by atoms with van der Waals surface area (Å²) in [6, 6.07) is 8.67. The van der Waals surface area contributed by atoms with Gasteiger partial charge in [-0.3, -0.25) is 0 Å². The third-order valence-electron chi connectivity index (χ3n) is 4.50. The Kier molecular flexibility index (Phi) is 3.92. The Bertz CT molecular complexity index is 410. The molecule has 0 radical (unpaired) electrons. The summed E-state index contributed by atoms with van der Waals surface area (Å²) < 4.78 is 0. The van der Waals surface area contributed by atoms with E-state index in [0.717, 1.165) is 25.6 Å².